The summed E-state index contributed by atoms with van der Waals surface area (Å²) in [6, 6.07) is 5.00. The molecule has 0 radical (unpaired) electrons. The molecular weight excluding hydrogens is 184 g/mol. The molecule has 0 aliphatic rings. The van der Waals surface area contributed by atoms with Gasteiger partial charge in [-0.1, -0.05) is 0 Å². The van der Waals surface area contributed by atoms with Gasteiger partial charge in [0.05, 0.1) is 12.8 Å². The van der Waals surface area contributed by atoms with Crippen LogP contribution in [0.4, 0.5) is 11.4 Å². The van der Waals surface area contributed by atoms with Gasteiger partial charge in [0.25, 0.3) is 0 Å². The summed E-state index contributed by atoms with van der Waals surface area (Å²) in [6.45, 7) is -0.132. The first kappa shape index (κ1) is 10.2. The van der Waals surface area contributed by atoms with Crippen LogP contribution >= 0.6 is 0 Å². The van der Waals surface area contributed by atoms with Gasteiger partial charge in [-0.05, 0) is 12.1 Å². The molecule has 0 amide bonds. The lowest BCUT2D eigenvalue weighted by Gasteiger charge is -2.07. The van der Waals surface area contributed by atoms with Crippen molar-refractivity contribution in [2.45, 2.75) is 0 Å². The Kier molecular flexibility index (Phi) is 3.17. The molecule has 0 saturated carbocycles. The van der Waals surface area contributed by atoms with Gasteiger partial charge in [-0.25, -0.2) is 0 Å². The maximum Gasteiger partial charge on any atom is 0.322 e. The lowest BCUT2D eigenvalue weighted by Crippen LogP contribution is -2.12. The smallest absolute Gasteiger partial charge is 0.322 e. The third-order valence-corrected chi connectivity index (χ3v) is 1.68. The van der Waals surface area contributed by atoms with E-state index in [2.05, 4.69) is 5.32 Å². The third-order valence-electron chi connectivity index (χ3n) is 1.68. The zero-order valence-electron chi connectivity index (χ0n) is 7.78. The van der Waals surface area contributed by atoms with Gasteiger partial charge < -0.3 is 20.9 Å². The molecule has 76 valence electrons. The van der Waals surface area contributed by atoms with Gasteiger partial charge in [0.15, 0.2) is 0 Å². The number of carboxylic acids is 1. The number of hydrogen-bond donors (Lipinski definition) is 3. The van der Waals surface area contributed by atoms with Gasteiger partial charge in [-0.2, -0.15) is 0 Å². The van der Waals surface area contributed by atoms with E-state index in [1.807, 2.05) is 0 Å². The Labute approximate surface area is 81.5 Å². The minimum Gasteiger partial charge on any atom is -0.495 e. The second-order valence-corrected chi connectivity index (χ2v) is 2.70. The molecule has 0 atom stereocenters. The van der Waals surface area contributed by atoms with Crippen LogP contribution < -0.4 is 15.8 Å². The Morgan fingerprint density at radius 3 is 2.93 bits per heavy atom. The van der Waals surface area contributed by atoms with Crippen molar-refractivity contribution in [3.63, 3.8) is 0 Å². The monoisotopic (exact) mass is 196 g/mol. The van der Waals surface area contributed by atoms with Crippen molar-refractivity contribution in [1.82, 2.24) is 0 Å². The molecule has 0 fully saturated rings. The highest BCUT2D eigenvalue weighted by Crippen LogP contribution is 2.24. The average molecular weight is 196 g/mol. The van der Waals surface area contributed by atoms with E-state index in [0.717, 1.165) is 0 Å². The highest BCUT2D eigenvalue weighted by atomic mass is 16.5. The van der Waals surface area contributed by atoms with E-state index in [-0.39, 0.29) is 6.54 Å². The van der Waals surface area contributed by atoms with Gasteiger partial charge in [-0.15, -0.1) is 0 Å². The fraction of sp³-hybridized carbons (Fsp3) is 0.222. The van der Waals surface area contributed by atoms with Crippen LogP contribution in [-0.4, -0.2) is 24.7 Å². The summed E-state index contributed by atoms with van der Waals surface area (Å²) in [4.78, 5) is 10.3. The number of hydrogen-bond acceptors (Lipinski definition) is 4. The van der Waals surface area contributed by atoms with E-state index in [1.54, 1.807) is 18.2 Å². The van der Waals surface area contributed by atoms with Crippen molar-refractivity contribution in [3.8, 4) is 5.75 Å². The Morgan fingerprint density at radius 2 is 2.36 bits per heavy atom. The van der Waals surface area contributed by atoms with Crippen molar-refractivity contribution in [3.05, 3.63) is 18.2 Å². The molecule has 4 N–H and O–H groups in total. The Bertz CT molecular complexity index is 339. The highest BCUT2D eigenvalue weighted by molar-refractivity contribution is 5.73. The lowest BCUT2D eigenvalue weighted by molar-refractivity contribution is -0.134. The fourth-order valence-electron chi connectivity index (χ4n) is 0.999. The van der Waals surface area contributed by atoms with E-state index < -0.39 is 5.97 Å². The summed E-state index contributed by atoms with van der Waals surface area (Å²) < 4.78 is 4.98. The van der Waals surface area contributed by atoms with Crippen LogP contribution in [-0.2, 0) is 4.79 Å². The Hall–Kier alpha value is -1.91. The molecule has 0 aliphatic heterocycles. The Morgan fingerprint density at radius 1 is 1.64 bits per heavy atom. The first-order chi connectivity index (χ1) is 6.63. The molecule has 1 rings (SSSR count). The summed E-state index contributed by atoms with van der Waals surface area (Å²) in [5.41, 5.74) is 6.77. The minimum atomic E-state index is -0.916. The SMILES string of the molecule is COc1cc(NCC(=O)O)ccc1N. The molecule has 0 heterocycles. The number of nitrogens with two attached hydrogens (primary N) is 1. The summed E-state index contributed by atoms with van der Waals surface area (Å²) in [7, 11) is 1.51. The standard InChI is InChI=1S/C9H12N2O3/c1-14-8-4-6(2-3-7(8)10)11-5-9(12)13/h2-4,11H,5,10H2,1H3,(H,12,13). The van der Waals surface area contributed by atoms with Crippen molar-refractivity contribution in [1.29, 1.82) is 0 Å². The molecule has 5 nitrogen and oxygen atoms in total. The van der Waals surface area contributed by atoms with Gasteiger partial charge in [0.1, 0.15) is 12.3 Å². The predicted octanol–water partition coefficient (Wildman–Crippen LogP) is 0.774. The number of aliphatic carboxylic acids is 1. The maximum atomic E-state index is 10.3. The van der Waals surface area contributed by atoms with E-state index in [1.165, 1.54) is 7.11 Å². The van der Waals surface area contributed by atoms with Crippen LogP contribution in [0.15, 0.2) is 18.2 Å². The highest BCUT2D eigenvalue weighted by Gasteiger charge is 2.01. The van der Waals surface area contributed by atoms with Crippen LogP contribution in [0.1, 0.15) is 0 Å². The summed E-state index contributed by atoms with van der Waals surface area (Å²) in [6.07, 6.45) is 0. The number of nitrogen functional groups attached to an aromatic ring is 1. The average Bonchev–Trinajstić information content (AvgIpc) is 2.16. The van der Waals surface area contributed by atoms with Gasteiger partial charge >= 0.3 is 5.97 Å². The zero-order chi connectivity index (χ0) is 10.6. The molecule has 0 aromatic heterocycles. The molecule has 0 spiro atoms. The quantitative estimate of drug-likeness (QED) is 0.619. The van der Waals surface area contributed by atoms with Crippen molar-refractivity contribution < 1.29 is 14.6 Å². The number of methoxy groups -OCH3 is 1. The van der Waals surface area contributed by atoms with Crippen molar-refractivity contribution >= 4 is 17.3 Å². The third kappa shape index (κ3) is 2.55. The van der Waals surface area contributed by atoms with Crippen molar-refractivity contribution in [2.75, 3.05) is 24.7 Å². The van der Waals surface area contributed by atoms with Gasteiger partial charge in [-0.3, -0.25) is 4.79 Å². The summed E-state index contributed by atoms with van der Waals surface area (Å²) in [5, 5.41) is 11.1. The number of rotatable bonds is 4. The van der Waals surface area contributed by atoms with Crippen LogP contribution in [0.25, 0.3) is 0 Å². The molecular formula is C9H12N2O3. The largest absolute Gasteiger partial charge is 0.495 e. The molecule has 0 bridgehead atoms. The number of benzene rings is 1. The van der Waals surface area contributed by atoms with E-state index in [0.29, 0.717) is 17.1 Å². The zero-order valence-corrected chi connectivity index (χ0v) is 7.78. The van der Waals surface area contributed by atoms with E-state index in [4.69, 9.17) is 15.6 Å². The second kappa shape index (κ2) is 4.36. The second-order valence-electron chi connectivity index (χ2n) is 2.70. The van der Waals surface area contributed by atoms with Crippen LogP contribution in [0.5, 0.6) is 5.75 Å². The normalized spacial score (nSPS) is 9.50. The predicted molar refractivity (Wildman–Crippen MR) is 53.5 cm³/mol. The minimum absolute atomic E-state index is 0.132. The molecule has 14 heavy (non-hydrogen) atoms. The molecule has 1 aromatic rings. The topological polar surface area (TPSA) is 84.6 Å². The molecule has 0 aliphatic carbocycles. The first-order valence-electron chi connectivity index (χ1n) is 4.02. The van der Waals surface area contributed by atoms with Crippen LogP contribution in [0, 0.1) is 0 Å². The number of ether oxygens (including phenoxy) is 1. The van der Waals surface area contributed by atoms with E-state index >= 15 is 0 Å². The fourth-order valence-corrected chi connectivity index (χ4v) is 0.999. The van der Waals surface area contributed by atoms with Gasteiger partial charge in [0, 0.05) is 11.8 Å². The number of carbonyl (C=O) groups is 1. The number of carboxylic acid groups (broad SMARTS) is 1. The number of anilines is 2. The van der Waals surface area contributed by atoms with Crippen LogP contribution in [0.3, 0.4) is 0 Å². The van der Waals surface area contributed by atoms with Crippen LogP contribution in [0.2, 0.25) is 0 Å². The van der Waals surface area contributed by atoms with Crippen molar-refractivity contribution in [2.24, 2.45) is 0 Å². The van der Waals surface area contributed by atoms with Gasteiger partial charge in [0.2, 0.25) is 0 Å². The molecule has 5 heteroatoms. The maximum absolute atomic E-state index is 10.3. The lowest BCUT2D eigenvalue weighted by atomic mass is 10.2. The summed E-state index contributed by atoms with van der Waals surface area (Å²) >= 11 is 0. The van der Waals surface area contributed by atoms with E-state index in [9.17, 15) is 4.79 Å². The molecule has 0 saturated heterocycles. The first-order valence-corrected chi connectivity index (χ1v) is 4.02. The molecule has 0 unspecified atom stereocenters. The summed E-state index contributed by atoms with van der Waals surface area (Å²) in [5.74, 6) is -0.388. The number of nitrogens with one attached hydrogen (secondary N) is 1. The molecule has 1 aromatic carbocycles. The Balaban J connectivity index is 2.74.